The smallest absolute Gasteiger partial charge is 0.252 e. The van der Waals surface area contributed by atoms with Gasteiger partial charge < -0.3 is 14.2 Å². The molecule has 18 heavy (non-hydrogen) atoms. The Balaban J connectivity index is 2.16. The second kappa shape index (κ2) is 6.02. The van der Waals surface area contributed by atoms with E-state index in [1.807, 2.05) is 0 Å². The summed E-state index contributed by atoms with van der Waals surface area (Å²) in [6, 6.07) is 1.79. The van der Waals surface area contributed by atoms with Crippen molar-refractivity contribution in [3.8, 4) is 11.5 Å². The largest absolute Gasteiger partial charge is 0.452 e. The molecule has 0 amide bonds. The first-order valence-electron chi connectivity index (χ1n) is 6.06. The van der Waals surface area contributed by atoms with Crippen LogP contribution < -0.4 is 5.32 Å². The molecule has 5 nitrogen and oxygen atoms in total. The Hall–Kier alpha value is -1.33. The number of nitrogens with one attached hydrogen (secondary N) is 1. The summed E-state index contributed by atoms with van der Waals surface area (Å²) in [5, 5.41) is 11.7. The zero-order valence-electron chi connectivity index (χ0n) is 10.4. The second-order valence-electron chi connectivity index (χ2n) is 3.97. The van der Waals surface area contributed by atoms with Crippen molar-refractivity contribution in [2.75, 3.05) is 6.54 Å². The minimum Gasteiger partial charge on any atom is -0.452 e. The summed E-state index contributed by atoms with van der Waals surface area (Å²) < 4.78 is 10.6. The SMILES string of the molecule is CCCNC(CC)c1nnc(-c2ccoc2Cl)o1. The van der Waals surface area contributed by atoms with Crippen molar-refractivity contribution in [3.63, 3.8) is 0 Å². The van der Waals surface area contributed by atoms with Crippen molar-refractivity contribution in [3.05, 3.63) is 23.4 Å². The van der Waals surface area contributed by atoms with Crippen LogP contribution in [0.25, 0.3) is 11.5 Å². The molecule has 0 aliphatic heterocycles. The third-order valence-electron chi connectivity index (χ3n) is 2.64. The van der Waals surface area contributed by atoms with Gasteiger partial charge in [0.05, 0.1) is 17.9 Å². The van der Waals surface area contributed by atoms with Crippen molar-refractivity contribution in [2.45, 2.75) is 32.7 Å². The van der Waals surface area contributed by atoms with Gasteiger partial charge in [-0.2, -0.15) is 0 Å². The molecule has 2 rings (SSSR count). The van der Waals surface area contributed by atoms with Crippen LogP contribution in [0.4, 0.5) is 0 Å². The predicted molar refractivity (Wildman–Crippen MR) is 68.3 cm³/mol. The molecule has 0 spiro atoms. The second-order valence-corrected chi connectivity index (χ2v) is 4.31. The Kier molecular flexibility index (Phi) is 4.38. The van der Waals surface area contributed by atoms with Gasteiger partial charge in [0.25, 0.3) is 5.89 Å². The summed E-state index contributed by atoms with van der Waals surface area (Å²) in [6.45, 7) is 5.11. The number of rotatable bonds is 6. The molecule has 98 valence electrons. The van der Waals surface area contributed by atoms with Gasteiger partial charge >= 0.3 is 0 Å². The average Bonchev–Trinajstić information content (AvgIpc) is 2.99. The molecule has 0 saturated heterocycles. The molecule has 0 aliphatic carbocycles. The number of hydrogen-bond acceptors (Lipinski definition) is 5. The number of furan rings is 1. The van der Waals surface area contributed by atoms with Crippen molar-refractivity contribution in [2.24, 2.45) is 0 Å². The van der Waals surface area contributed by atoms with Crippen LogP contribution in [0.5, 0.6) is 0 Å². The summed E-state index contributed by atoms with van der Waals surface area (Å²) in [5.41, 5.74) is 0.626. The lowest BCUT2D eigenvalue weighted by atomic mass is 10.2. The van der Waals surface area contributed by atoms with Crippen molar-refractivity contribution in [1.82, 2.24) is 15.5 Å². The molecular formula is C12H16ClN3O2. The quantitative estimate of drug-likeness (QED) is 0.870. The molecule has 2 aromatic rings. The Bertz CT molecular complexity index is 495. The van der Waals surface area contributed by atoms with E-state index in [0.29, 0.717) is 17.3 Å². The lowest BCUT2D eigenvalue weighted by Crippen LogP contribution is -2.21. The summed E-state index contributed by atoms with van der Waals surface area (Å²) in [6.07, 6.45) is 3.44. The van der Waals surface area contributed by atoms with Crippen LogP contribution in [0.3, 0.4) is 0 Å². The maximum absolute atomic E-state index is 5.87. The van der Waals surface area contributed by atoms with E-state index >= 15 is 0 Å². The van der Waals surface area contributed by atoms with E-state index in [0.717, 1.165) is 19.4 Å². The van der Waals surface area contributed by atoms with Crippen LogP contribution in [-0.2, 0) is 0 Å². The zero-order valence-corrected chi connectivity index (χ0v) is 11.2. The number of hydrogen-bond donors (Lipinski definition) is 1. The van der Waals surface area contributed by atoms with E-state index in [4.69, 9.17) is 20.4 Å². The monoisotopic (exact) mass is 269 g/mol. The van der Waals surface area contributed by atoms with Gasteiger partial charge in [0.1, 0.15) is 0 Å². The van der Waals surface area contributed by atoms with Gasteiger partial charge in [-0.3, -0.25) is 0 Å². The molecule has 0 bridgehead atoms. The van der Waals surface area contributed by atoms with Crippen molar-refractivity contribution >= 4 is 11.6 Å². The minimum atomic E-state index is 0.0804. The topological polar surface area (TPSA) is 64.1 Å². The Labute approximate surface area is 111 Å². The Morgan fingerprint density at radius 2 is 2.22 bits per heavy atom. The standard InChI is InChI=1S/C12H16ClN3O2/c1-3-6-14-9(4-2)12-16-15-11(18-12)8-5-7-17-10(8)13/h5,7,9,14H,3-4,6H2,1-2H3. The highest BCUT2D eigenvalue weighted by Gasteiger charge is 2.19. The van der Waals surface area contributed by atoms with Crippen molar-refractivity contribution in [1.29, 1.82) is 0 Å². The Morgan fingerprint density at radius 3 is 2.83 bits per heavy atom. The first kappa shape index (κ1) is 13.1. The van der Waals surface area contributed by atoms with Crippen LogP contribution in [0.15, 0.2) is 21.2 Å². The molecule has 1 unspecified atom stereocenters. The van der Waals surface area contributed by atoms with E-state index in [2.05, 4.69) is 29.4 Å². The highest BCUT2D eigenvalue weighted by atomic mass is 35.5. The fraction of sp³-hybridized carbons (Fsp3) is 0.500. The predicted octanol–water partition coefficient (Wildman–Crippen LogP) is 3.43. The molecule has 0 aromatic carbocycles. The van der Waals surface area contributed by atoms with Gasteiger partial charge in [0.15, 0.2) is 0 Å². The van der Waals surface area contributed by atoms with Gasteiger partial charge in [0, 0.05) is 0 Å². The van der Waals surface area contributed by atoms with E-state index < -0.39 is 0 Å². The molecule has 0 aliphatic rings. The molecule has 1 atom stereocenters. The molecule has 2 aromatic heterocycles. The third kappa shape index (κ3) is 2.73. The first-order valence-corrected chi connectivity index (χ1v) is 6.44. The van der Waals surface area contributed by atoms with Gasteiger partial charge in [-0.05, 0) is 37.1 Å². The summed E-state index contributed by atoms with van der Waals surface area (Å²) in [4.78, 5) is 0. The molecule has 0 radical (unpaired) electrons. The molecule has 0 saturated carbocycles. The van der Waals surface area contributed by atoms with E-state index in [1.165, 1.54) is 6.26 Å². The summed E-state index contributed by atoms with van der Waals surface area (Å²) >= 11 is 5.87. The van der Waals surface area contributed by atoms with Gasteiger partial charge in [-0.1, -0.05) is 13.8 Å². The van der Waals surface area contributed by atoms with Gasteiger partial charge in [0.2, 0.25) is 11.1 Å². The highest BCUT2D eigenvalue weighted by molar-refractivity contribution is 6.31. The lowest BCUT2D eigenvalue weighted by Gasteiger charge is -2.11. The minimum absolute atomic E-state index is 0.0804. The van der Waals surface area contributed by atoms with E-state index in [-0.39, 0.29) is 11.3 Å². The van der Waals surface area contributed by atoms with E-state index in [9.17, 15) is 0 Å². The van der Waals surface area contributed by atoms with Crippen LogP contribution in [-0.4, -0.2) is 16.7 Å². The molecule has 2 heterocycles. The average molecular weight is 270 g/mol. The zero-order chi connectivity index (χ0) is 13.0. The number of halogens is 1. The first-order chi connectivity index (χ1) is 8.76. The normalized spacial score (nSPS) is 12.8. The molecule has 0 fully saturated rings. The van der Waals surface area contributed by atoms with Crippen LogP contribution in [0, 0.1) is 0 Å². The van der Waals surface area contributed by atoms with Crippen LogP contribution in [0.2, 0.25) is 5.22 Å². The number of aromatic nitrogens is 2. The Morgan fingerprint density at radius 1 is 1.39 bits per heavy atom. The molecule has 1 N–H and O–H groups in total. The van der Waals surface area contributed by atoms with Gasteiger partial charge in [-0.25, -0.2) is 0 Å². The summed E-state index contributed by atoms with van der Waals surface area (Å²) in [7, 11) is 0. The molecule has 6 heteroatoms. The fourth-order valence-electron chi connectivity index (χ4n) is 1.66. The van der Waals surface area contributed by atoms with Crippen LogP contribution >= 0.6 is 11.6 Å². The maximum Gasteiger partial charge on any atom is 0.252 e. The molecular weight excluding hydrogens is 254 g/mol. The van der Waals surface area contributed by atoms with Crippen LogP contribution in [0.1, 0.15) is 38.6 Å². The lowest BCUT2D eigenvalue weighted by molar-refractivity contribution is 0.396. The van der Waals surface area contributed by atoms with E-state index in [1.54, 1.807) is 6.07 Å². The fourth-order valence-corrected chi connectivity index (χ4v) is 1.85. The number of nitrogens with zero attached hydrogens (tertiary/aromatic N) is 2. The summed E-state index contributed by atoms with van der Waals surface area (Å²) in [5.74, 6) is 0.971. The third-order valence-corrected chi connectivity index (χ3v) is 2.93. The highest BCUT2D eigenvalue weighted by Crippen LogP contribution is 2.29. The maximum atomic E-state index is 5.87. The van der Waals surface area contributed by atoms with Crippen molar-refractivity contribution < 1.29 is 8.83 Å². The van der Waals surface area contributed by atoms with Gasteiger partial charge in [-0.15, -0.1) is 10.2 Å².